The number of rotatable bonds is 4. The highest BCUT2D eigenvalue weighted by Gasteiger charge is 2.15. The monoisotopic (exact) mass is 253 g/mol. The molecule has 0 unspecified atom stereocenters. The largest absolute Gasteiger partial charge is 0.385 e. The normalized spacial score (nSPS) is 16.5. The number of nitro benzene ring substituents is 1. The highest BCUT2D eigenvalue weighted by molar-refractivity contribution is 5.49. The molecule has 1 fully saturated rings. The van der Waals surface area contributed by atoms with E-state index in [1.165, 1.54) is 12.1 Å². The van der Waals surface area contributed by atoms with Crippen LogP contribution < -0.4 is 10.6 Å². The summed E-state index contributed by atoms with van der Waals surface area (Å²) in [7, 11) is 0. The van der Waals surface area contributed by atoms with Gasteiger partial charge in [-0.1, -0.05) is 0 Å². The van der Waals surface area contributed by atoms with Gasteiger partial charge in [-0.15, -0.1) is 0 Å². The summed E-state index contributed by atoms with van der Waals surface area (Å²) in [5, 5.41) is 16.9. The number of benzene rings is 1. The molecule has 18 heavy (non-hydrogen) atoms. The van der Waals surface area contributed by atoms with Gasteiger partial charge in [-0.3, -0.25) is 10.1 Å². The number of hydrogen-bond donors (Lipinski definition) is 2. The van der Waals surface area contributed by atoms with Crippen molar-refractivity contribution in [2.24, 2.45) is 5.92 Å². The van der Waals surface area contributed by atoms with Crippen molar-refractivity contribution in [1.29, 1.82) is 0 Å². The second-order valence-corrected chi connectivity index (χ2v) is 4.50. The lowest BCUT2D eigenvalue weighted by Crippen LogP contribution is -2.31. The molecule has 0 radical (unpaired) electrons. The fourth-order valence-electron chi connectivity index (χ4n) is 2.11. The van der Waals surface area contributed by atoms with Gasteiger partial charge in [0.1, 0.15) is 0 Å². The lowest BCUT2D eigenvalue weighted by atomic mass is 9.98. The molecule has 98 valence electrons. The van der Waals surface area contributed by atoms with Crippen molar-refractivity contribution < 1.29 is 9.31 Å². The van der Waals surface area contributed by atoms with Crippen LogP contribution in [0.15, 0.2) is 18.2 Å². The van der Waals surface area contributed by atoms with Crippen LogP contribution in [-0.4, -0.2) is 24.6 Å². The Balaban J connectivity index is 1.93. The Kier molecular flexibility index (Phi) is 4.09. The minimum absolute atomic E-state index is 0.484. The van der Waals surface area contributed by atoms with Crippen LogP contribution in [0.5, 0.6) is 0 Å². The summed E-state index contributed by atoms with van der Waals surface area (Å²) in [5.41, 5.74) is 0.110. The minimum atomic E-state index is -0.796. The van der Waals surface area contributed by atoms with Crippen molar-refractivity contribution in [3.63, 3.8) is 0 Å². The van der Waals surface area contributed by atoms with Crippen LogP contribution in [0.4, 0.5) is 15.8 Å². The van der Waals surface area contributed by atoms with Gasteiger partial charge in [0.05, 0.1) is 4.92 Å². The molecule has 1 aliphatic rings. The number of hydrogen-bond acceptors (Lipinski definition) is 4. The van der Waals surface area contributed by atoms with Gasteiger partial charge >= 0.3 is 5.69 Å². The van der Waals surface area contributed by atoms with Crippen molar-refractivity contribution >= 4 is 11.4 Å². The maximum atomic E-state index is 13.4. The zero-order chi connectivity index (χ0) is 13.0. The Bertz CT molecular complexity index is 433. The Morgan fingerprint density at radius 3 is 2.78 bits per heavy atom. The minimum Gasteiger partial charge on any atom is -0.385 e. The predicted molar refractivity (Wildman–Crippen MR) is 67.1 cm³/mol. The van der Waals surface area contributed by atoms with E-state index in [9.17, 15) is 14.5 Å². The molecule has 0 amide bonds. The van der Waals surface area contributed by atoms with Crippen LogP contribution in [0.2, 0.25) is 0 Å². The lowest BCUT2D eigenvalue weighted by Gasteiger charge is -2.23. The summed E-state index contributed by atoms with van der Waals surface area (Å²) in [5.74, 6) is -0.222. The lowest BCUT2D eigenvalue weighted by molar-refractivity contribution is -0.387. The van der Waals surface area contributed by atoms with Crippen LogP contribution in [0.1, 0.15) is 12.8 Å². The Labute approximate surface area is 105 Å². The van der Waals surface area contributed by atoms with E-state index in [0.717, 1.165) is 32.5 Å². The van der Waals surface area contributed by atoms with Gasteiger partial charge in [-0.05, 0) is 37.9 Å². The first-order chi connectivity index (χ1) is 8.66. The first-order valence-corrected chi connectivity index (χ1v) is 6.05. The molecule has 0 aromatic heterocycles. The number of anilines is 1. The molecule has 1 heterocycles. The SMILES string of the molecule is O=[N+]([O-])c1ccc(NCC2CCNCC2)cc1F. The molecule has 0 saturated carbocycles. The Hall–Kier alpha value is -1.69. The van der Waals surface area contributed by atoms with Gasteiger partial charge in [-0.25, -0.2) is 0 Å². The number of nitro groups is 1. The zero-order valence-corrected chi connectivity index (χ0v) is 9.99. The molecular weight excluding hydrogens is 237 g/mol. The molecule has 1 aliphatic heterocycles. The zero-order valence-electron chi connectivity index (χ0n) is 9.99. The molecule has 1 saturated heterocycles. The molecule has 6 heteroatoms. The summed E-state index contributed by atoms with van der Waals surface area (Å²) >= 11 is 0. The Morgan fingerprint density at radius 2 is 2.17 bits per heavy atom. The molecule has 0 bridgehead atoms. The van der Waals surface area contributed by atoms with E-state index in [0.29, 0.717) is 11.6 Å². The van der Waals surface area contributed by atoms with Crippen molar-refractivity contribution in [2.75, 3.05) is 25.0 Å². The van der Waals surface area contributed by atoms with Gasteiger partial charge in [0.15, 0.2) is 0 Å². The van der Waals surface area contributed by atoms with Gasteiger partial charge < -0.3 is 10.6 Å². The number of halogens is 1. The van der Waals surface area contributed by atoms with Crippen LogP contribution in [-0.2, 0) is 0 Å². The van der Waals surface area contributed by atoms with Gasteiger partial charge in [0, 0.05) is 24.4 Å². The summed E-state index contributed by atoms with van der Waals surface area (Å²) in [6, 6.07) is 3.92. The third kappa shape index (κ3) is 3.16. The second kappa shape index (κ2) is 5.77. The molecule has 1 aromatic carbocycles. The smallest absolute Gasteiger partial charge is 0.304 e. The average molecular weight is 253 g/mol. The Morgan fingerprint density at radius 1 is 1.44 bits per heavy atom. The van der Waals surface area contributed by atoms with Gasteiger partial charge in [-0.2, -0.15) is 4.39 Å². The number of piperidine rings is 1. The van der Waals surface area contributed by atoms with Gasteiger partial charge in [0.2, 0.25) is 5.82 Å². The third-order valence-corrected chi connectivity index (χ3v) is 3.20. The summed E-state index contributed by atoms with van der Waals surface area (Å²) < 4.78 is 13.4. The van der Waals surface area contributed by atoms with Crippen LogP contribution in [0, 0.1) is 21.8 Å². The van der Waals surface area contributed by atoms with E-state index in [1.54, 1.807) is 6.07 Å². The maximum Gasteiger partial charge on any atom is 0.304 e. The molecule has 0 spiro atoms. The van der Waals surface area contributed by atoms with E-state index in [2.05, 4.69) is 10.6 Å². The average Bonchev–Trinajstić information content (AvgIpc) is 2.37. The van der Waals surface area contributed by atoms with E-state index in [4.69, 9.17) is 0 Å². The summed E-state index contributed by atoms with van der Waals surface area (Å²) in [4.78, 5) is 9.76. The van der Waals surface area contributed by atoms with Crippen molar-refractivity contribution in [2.45, 2.75) is 12.8 Å². The fraction of sp³-hybridized carbons (Fsp3) is 0.500. The topological polar surface area (TPSA) is 67.2 Å². The van der Waals surface area contributed by atoms with Crippen molar-refractivity contribution in [3.8, 4) is 0 Å². The highest BCUT2D eigenvalue weighted by Crippen LogP contribution is 2.21. The van der Waals surface area contributed by atoms with Crippen LogP contribution >= 0.6 is 0 Å². The summed E-state index contributed by atoms with van der Waals surface area (Å²) in [6.45, 7) is 2.81. The first-order valence-electron chi connectivity index (χ1n) is 6.05. The predicted octanol–water partition coefficient (Wildman–Crippen LogP) is 2.15. The molecule has 1 aromatic rings. The standard InChI is InChI=1S/C12H16FN3O2/c13-11-7-10(1-2-12(11)16(17)18)15-8-9-3-5-14-6-4-9/h1-2,7,9,14-15H,3-6,8H2. The van der Waals surface area contributed by atoms with Crippen molar-refractivity contribution in [3.05, 3.63) is 34.1 Å². The number of nitrogens with one attached hydrogen (secondary N) is 2. The van der Waals surface area contributed by atoms with Gasteiger partial charge in [0.25, 0.3) is 0 Å². The van der Waals surface area contributed by atoms with E-state index >= 15 is 0 Å². The fourth-order valence-corrected chi connectivity index (χ4v) is 2.11. The molecule has 5 nitrogen and oxygen atoms in total. The maximum absolute atomic E-state index is 13.4. The molecular formula is C12H16FN3O2. The number of nitrogens with zero attached hydrogens (tertiary/aromatic N) is 1. The van der Waals surface area contributed by atoms with Crippen LogP contribution in [0.25, 0.3) is 0 Å². The summed E-state index contributed by atoms with van der Waals surface area (Å²) in [6.07, 6.45) is 2.20. The van der Waals surface area contributed by atoms with Crippen molar-refractivity contribution in [1.82, 2.24) is 5.32 Å². The quantitative estimate of drug-likeness (QED) is 0.637. The highest BCUT2D eigenvalue weighted by atomic mass is 19.1. The van der Waals surface area contributed by atoms with E-state index in [1.807, 2.05) is 0 Å². The van der Waals surface area contributed by atoms with E-state index in [-0.39, 0.29) is 0 Å². The molecule has 0 atom stereocenters. The van der Waals surface area contributed by atoms with Crippen LogP contribution in [0.3, 0.4) is 0 Å². The van der Waals surface area contributed by atoms with E-state index < -0.39 is 16.4 Å². The third-order valence-electron chi connectivity index (χ3n) is 3.20. The molecule has 2 N–H and O–H groups in total. The second-order valence-electron chi connectivity index (χ2n) is 4.50. The first kappa shape index (κ1) is 12.8. The molecule has 2 rings (SSSR count). The molecule has 0 aliphatic carbocycles.